The predicted molar refractivity (Wildman–Crippen MR) is 130 cm³/mol. The fourth-order valence-electron chi connectivity index (χ4n) is 4.30. The molecule has 9 heteroatoms. The first-order valence-corrected chi connectivity index (χ1v) is 12.9. The molecule has 1 saturated heterocycles. The Labute approximate surface area is 204 Å². The number of benzene rings is 2. The first-order chi connectivity index (χ1) is 16.8. The Bertz CT molecular complexity index is 1250. The van der Waals surface area contributed by atoms with Gasteiger partial charge in [0.2, 0.25) is 10.0 Å². The maximum Gasteiger partial charge on any atom is 0.246 e. The van der Waals surface area contributed by atoms with Gasteiger partial charge in [0.25, 0.3) is 0 Å². The number of hydrogen-bond acceptors (Lipinski definition) is 5. The van der Waals surface area contributed by atoms with Crippen molar-refractivity contribution in [2.45, 2.75) is 37.2 Å². The number of rotatable bonds is 7. The van der Waals surface area contributed by atoms with Crippen LogP contribution in [-0.2, 0) is 14.9 Å². The largest absolute Gasteiger partial charge is 0.495 e. The van der Waals surface area contributed by atoms with Crippen LogP contribution in [0.25, 0.3) is 0 Å². The summed E-state index contributed by atoms with van der Waals surface area (Å²) in [5.74, 6) is -0.367. The van der Waals surface area contributed by atoms with Crippen molar-refractivity contribution >= 4 is 15.7 Å². The molecule has 2 aliphatic rings. The van der Waals surface area contributed by atoms with Crippen molar-refractivity contribution in [2.75, 3.05) is 20.2 Å². The predicted octanol–water partition coefficient (Wildman–Crippen LogP) is 5.55. The molecule has 0 saturated carbocycles. The van der Waals surface area contributed by atoms with Crippen molar-refractivity contribution in [3.8, 4) is 5.75 Å². The number of allylic oxidation sites excluding steroid dienone is 3. The molecule has 1 aliphatic carbocycles. The van der Waals surface area contributed by atoms with E-state index in [0.717, 1.165) is 11.3 Å². The summed E-state index contributed by atoms with van der Waals surface area (Å²) in [4.78, 5) is 6.09. The summed E-state index contributed by atoms with van der Waals surface area (Å²) in [6.07, 6.45) is 3.60. The maximum atomic E-state index is 13.7. The van der Waals surface area contributed by atoms with E-state index in [-0.39, 0.29) is 42.0 Å². The SMILES string of the molecule is COc1ccccc1S(=O)(=O)N1CCC(=NOC(C2=CC=C(F)CC2C)c2ccc(F)cc2)CC1. The van der Waals surface area contributed by atoms with E-state index in [1.54, 1.807) is 36.4 Å². The number of ether oxygens (including phenoxy) is 1. The summed E-state index contributed by atoms with van der Waals surface area (Å²) in [6.45, 7) is 2.43. The number of halogens is 2. The standard InChI is InChI=1S/C26H28F2N2O4S/c1-18-17-21(28)11-12-23(18)26(19-7-9-20(27)10-8-19)34-29-22-13-15-30(16-14-22)35(31,32)25-6-4-3-5-24(25)33-2/h3-12,18,26H,13-17H2,1-2H3. The second-order valence-electron chi connectivity index (χ2n) is 8.63. The van der Waals surface area contributed by atoms with Crippen molar-refractivity contribution in [3.63, 3.8) is 0 Å². The van der Waals surface area contributed by atoms with Crippen molar-refractivity contribution in [2.24, 2.45) is 11.1 Å². The highest BCUT2D eigenvalue weighted by Crippen LogP contribution is 2.37. The van der Waals surface area contributed by atoms with E-state index in [1.165, 1.54) is 35.7 Å². The molecule has 1 aliphatic heterocycles. The molecule has 2 atom stereocenters. The van der Waals surface area contributed by atoms with Crippen molar-refractivity contribution < 1.29 is 26.8 Å². The Kier molecular flexibility index (Phi) is 7.66. The summed E-state index contributed by atoms with van der Waals surface area (Å²) < 4.78 is 60.1. The number of nitrogens with zero attached hydrogens (tertiary/aromatic N) is 2. The molecule has 1 heterocycles. The van der Waals surface area contributed by atoms with Gasteiger partial charge in [0.05, 0.1) is 12.8 Å². The van der Waals surface area contributed by atoms with E-state index in [2.05, 4.69) is 5.16 Å². The molecule has 4 rings (SSSR count). The van der Waals surface area contributed by atoms with Crippen LogP contribution in [0.5, 0.6) is 5.75 Å². The average Bonchev–Trinajstić information content (AvgIpc) is 2.86. The van der Waals surface area contributed by atoms with Crippen LogP contribution < -0.4 is 4.74 Å². The summed E-state index contributed by atoms with van der Waals surface area (Å²) in [5.41, 5.74) is 2.29. The zero-order valence-electron chi connectivity index (χ0n) is 19.7. The molecule has 2 aromatic rings. The van der Waals surface area contributed by atoms with Gasteiger partial charge < -0.3 is 9.57 Å². The molecule has 2 unspecified atom stereocenters. The van der Waals surface area contributed by atoms with Crippen molar-refractivity contribution in [3.05, 3.63) is 83.5 Å². The highest BCUT2D eigenvalue weighted by Gasteiger charge is 2.31. The zero-order chi connectivity index (χ0) is 25.0. The number of oxime groups is 1. The molecule has 0 spiro atoms. The Morgan fingerprint density at radius 2 is 1.71 bits per heavy atom. The third-order valence-electron chi connectivity index (χ3n) is 6.28. The monoisotopic (exact) mass is 502 g/mol. The van der Waals surface area contributed by atoms with Crippen LogP contribution in [0.2, 0.25) is 0 Å². The van der Waals surface area contributed by atoms with Crippen LogP contribution in [0.4, 0.5) is 8.78 Å². The summed E-state index contributed by atoms with van der Waals surface area (Å²) in [5, 5.41) is 4.36. The second-order valence-corrected chi connectivity index (χ2v) is 10.5. The van der Waals surface area contributed by atoms with Crippen LogP contribution in [0.15, 0.2) is 82.1 Å². The van der Waals surface area contributed by atoms with E-state index in [0.29, 0.717) is 24.2 Å². The third-order valence-corrected chi connectivity index (χ3v) is 8.21. The highest BCUT2D eigenvalue weighted by molar-refractivity contribution is 7.89. The fourth-order valence-corrected chi connectivity index (χ4v) is 5.90. The molecule has 186 valence electrons. The number of methoxy groups -OCH3 is 1. The van der Waals surface area contributed by atoms with Crippen LogP contribution in [0.3, 0.4) is 0 Å². The van der Waals surface area contributed by atoms with Gasteiger partial charge in [-0.05, 0) is 47.4 Å². The minimum absolute atomic E-state index is 0.108. The Morgan fingerprint density at radius 1 is 1.03 bits per heavy atom. The van der Waals surface area contributed by atoms with Gasteiger partial charge in [-0.25, -0.2) is 17.2 Å². The number of hydrogen-bond donors (Lipinski definition) is 0. The van der Waals surface area contributed by atoms with Gasteiger partial charge >= 0.3 is 0 Å². The minimum Gasteiger partial charge on any atom is -0.495 e. The summed E-state index contributed by atoms with van der Waals surface area (Å²) in [6, 6.07) is 12.5. The quantitative estimate of drug-likeness (QED) is 0.466. The molecular formula is C26H28F2N2O4S. The van der Waals surface area contributed by atoms with Gasteiger partial charge in [-0.15, -0.1) is 0 Å². The molecule has 0 bridgehead atoms. The molecular weight excluding hydrogens is 474 g/mol. The lowest BCUT2D eigenvalue weighted by Crippen LogP contribution is -2.38. The normalized spacial score (nSPS) is 20.0. The van der Waals surface area contributed by atoms with Gasteiger partial charge in [0, 0.05) is 32.4 Å². The Balaban J connectivity index is 1.50. The van der Waals surface area contributed by atoms with Gasteiger partial charge in [0.15, 0.2) is 6.10 Å². The lowest BCUT2D eigenvalue weighted by atomic mass is 9.86. The van der Waals surface area contributed by atoms with E-state index >= 15 is 0 Å². The van der Waals surface area contributed by atoms with Gasteiger partial charge in [-0.2, -0.15) is 4.31 Å². The van der Waals surface area contributed by atoms with Gasteiger partial charge in [-0.1, -0.05) is 42.4 Å². The molecule has 0 aromatic heterocycles. The first kappa shape index (κ1) is 25.1. The minimum atomic E-state index is -3.71. The lowest BCUT2D eigenvalue weighted by molar-refractivity contribution is 0.0752. The van der Waals surface area contributed by atoms with Crippen LogP contribution in [0.1, 0.15) is 37.9 Å². The third kappa shape index (κ3) is 5.62. The number of piperidine rings is 1. The van der Waals surface area contributed by atoms with Gasteiger partial charge in [-0.3, -0.25) is 0 Å². The molecule has 35 heavy (non-hydrogen) atoms. The van der Waals surface area contributed by atoms with Crippen LogP contribution >= 0.6 is 0 Å². The molecule has 6 nitrogen and oxygen atoms in total. The Morgan fingerprint density at radius 3 is 2.37 bits per heavy atom. The summed E-state index contributed by atoms with van der Waals surface area (Å²) in [7, 11) is -2.27. The summed E-state index contributed by atoms with van der Waals surface area (Å²) >= 11 is 0. The molecule has 0 amide bonds. The second kappa shape index (κ2) is 10.7. The Hall–Kier alpha value is -3.04. The molecule has 0 N–H and O–H groups in total. The van der Waals surface area contributed by atoms with Crippen LogP contribution in [-0.4, -0.2) is 38.6 Å². The van der Waals surface area contributed by atoms with Crippen molar-refractivity contribution in [1.82, 2.24) is 4.31 Å². The van der Waals surface area contributed by atoms with E-state index in [9.17, 15) is 17.2 Å². The first-order valence-electron chi connectivity index (χ1n) is 11.5. The average molecular weight is 503 g/mol. The van der Waals surface area contributed by atoms with E-state index in [4.69, 9.17) is 9.57 Å². The lowest BCUT2D eigenvalue weighted by Gasteiger charge is -2.28. The molecule has 2 aromatic carbocycles. The topological polar surface area (TPSA) is 68.2 Å². The maximum absolute atomic E-state index is 13.7. The number of para-hydroxylation sites is 1. The van der Waals surface area contributed by atoms with Crippen LogP contribution in [0, 0.1) is 11.7 Å². The smallest absolute Gasteiger partial charge is 0.246 e. The molecule has 0 radical (unpaired) electrons. The van der Waals surface area contributed by atoms with Crippen molar-refractivity contribution in [1.29, 1.82) is 0 Å². The van der Waals surface area contributed by atoms with Gasteiger partial charge in [0.1, 0.15) is 22.3 Å². The number of sulfonamides is 1. The van der Waals surface area contributed by atoms with E-state index < -0.39 is 16.1 Å². The van der Waals surface area contributed by atoms with E-state index in [1.807, 2.05) is 6.92 Å². The highest BCUT2D eigenvalue weighted by atomic mass is 32.2. The zero-order valence-corrected chi connectivity index (χ0v) is 20.5. The molecule has 1 fully saturated rings. The fraction of sp³-hybridized carbons (Fsp3) is 0.346.